The number of halogens is 1. The van der Waals surface area contributed by atoms with E-state index in [1.54, 1.807) is 11.8 Å². The van der Waals surface area contributed by atoms with E-state index < -0.39 is 6.10 Å². The summed E-state index contributed by atoms with van der Waals surface area (Å²) in [6.07, 6.45) is 1.30. The number of nitrogens with one attached hydrogen (secondary N) is 1. The third-order valence-electron chi connectivity index (χ3n) is 4.68. The maximum atomic E-state index is 12.4. The molecule has 1 unspecified atom stereocenters. The fourth-order valence-corrected chi connectivity index (χ4v) is 2.67. The zero-order valence-corrected chi connectivity index (χ0v) is 15.9. The Labute approximate surface area is 155 Å². The molecule has 0 saturated heterocycles. The highest BCUT2D eigenvalue weighted by Crippen LogP contribution is 2.33. The molecule has 0 spiro atoms. The molecule has 1 heterocycles. The van der Waals surface area contributed by atoms with Crippen LogP contribution in [-0.4, -0.2) is 36.5 Å². The van der Waals surface area contributed by atoms with Gasteiger partial charge in [0.25, 0.3) is 5.91 Å². The molecule has 2 rings (SSSR count). The predicted molar refractivity (Wildman–Crippen MR) is 101 cm³/mol. The lowest BCUT2D eigenvalue weighted by atomic mass is 9.94. The van der Waals surface area contributed by atoms with Crippen molar-refractivity contribution in [1.82, 2.24) is 5.32 Å². The van der Waals surface area contributed by atoms with E-state index in [4.69, 9.17) is 10.5 Å². The Balaban J connectivity index is 0.00000312. The summed E-state index contributed by atoms with van der Waals surface area (Å²) in [7, 11) is 0. The molecular weight excluding hydrogens is 342 g/mol. The van der Waals surface area contributed by atoms with Gasteiger partial charge in [-0.2, -0.15) is 0 Å². The molecule has 3 N–H and O–H groups in total. The number of anilines is 1. The van der Waals surface area contributed by atoms with Gasteiger partial charge in [-0.25, -0.2) is 0 Å². The second-order valence-corrected chi connectivity index (χ2v) is 6.31. The summed E-state index contributed by atoms with van der Waals surface area (Å²) in [6, 6.07) is 7.37. The number of carbonyl (C=O) groups is 2. The molecule has 0 saturated carbocycles. The van der Waals surface area contributed by atoms with Gasteiger partial charge in [0.1, 0.15) is 5.75 Å². The van der Waals surface area contributed by atoms with Gasteiger partial charge in [-0.1, -0.05) is 26.0 Å². The Morgan fingerprint density at radius 1 is 1.32 bits per heavy atom. The topological polar surface area (TPSA) is 84.7 Å². The first-order valence-electron chi connectivity index (χ1n) is 8.53. The van der Waals surface area contributed by atoms with E-state index in [-0.39, 0.29) is 36.2 Å². The van der Waals surface area contributed by atoms with E-state index in [0.29, 0.717) is 24.5 Å². The SMILES string of the molecule is CCC(N)(CC)CNC(=O)CCN1C(=O)C(C)Oc2ccccc21.Cl. The molecule has 1 aromatic rings. The highest BCUT2D eigenvalue weighted by molar-refractivity contribution is 6.00. The molecule has 2 amide bonds. The minimum absolute atomic E-state index is 0. The van der Waals surface area contributed by atoms with Gasteiger partial charge >= 0.3 is 0 Å². The first kappa shape index (κ1) is 21.3. The molecule has 1 atom stereocenters. The molecule has 6 nitrogen and oxygen atoms in total. The predicted octanol–water partition coefficient (Wildman–Crippen LogP) is 2.25. The van der Waals surface area contributed by atoms with E-state index in [9.17, 15) is 9.59 Å². The van der Waals surface area contributed by atoms with E-state index in [0.717, 1.165) is 12.8 Å². The van der Waals surface area contributed by atoms with Gasteiger partial charge in [0.05, 0.1) is 5.69 Å². The first-order valence-corrected chi connectivity index (χ1v) is 8.53. The summed E-state index contributed by atoms with van der Waals surface area (Å²) < 4.78 is 5.59. The first-order chi connectivity index (χ1) is 11.4. The lowest BCUT2D eigenvalue weighted by Gasteiger charge is -2.33. The number of nitrogens with two attached hydrogens (primary N) is 1. The second kappa shape index (κ2) is 9.06. The normalized spacial score (nSPS) is 16.6. The third-order valence-corrected chi connectivity index (χ3v) is 4.68. The van der Waals surface area contributed by atoms with Crippen LogP contribution in [0, 0.1) is 0 Å². The van der Waals surface area contributed by atoms with E-state index >= 15 is 0 Å². The fourth-order valence-electron chi connectivity index (χ4n) is 2.67. The van der Waals surface area contributed by atoms with Crippen LogP contribution in [0.15, 0.2) is 24.3 Å². The van der Waals surface area contributed by atoms with Gasteiger partial charge in [-0.05, 0) is 31.9 Å². The molecule has 1 aromatic carbocycles. The van der Waals surface area contributed by atoms with Crippen molar-refractivity contribution in [3.63, 3.8) is 0 Å². The number of hydrogen-bond donors (Lipinski definition) is 2. The number of ether oxygens (including phenoxy) is 1. The highest BCUT2D eigenvalue weighted by atomic mass is 35.5. The third kappa shape index (κ3) is 5.09. The summed E-state index contributed by atoms with van der Waals surface area (Å²) in [4.78, 5) is 26.1. The smallest absolute Gasteiger partial charge is 0.267 e. The maximum Gasteiger partial charge on any atom is 0.267 e. The van der Waals surface area contributed by atoms with Crippen molar-refractivity contribution >= 4 is 29.9 Å². The van der Waals surface area contributed by atoms with Crippen molar-refractivity contribution < 1.29 is 14.3 Å². The molecule has 140 valence electrons. The monoisotopic (exact) mass is 369 g/mol. The van der Waals surface area contributed by atoms with Crippen molar-refractivity contribution in [2.24, 2.45) is 5.73 Å². The fraction of sp³-hybridized carbons (Fsp3) is 0.556. The van der Waals surface area contributed by atoms with Gasteiger partial charge in [-0.15, -0.1) is 12.4 Å². The molecule has 0 bridgehead atoms. The zero-order valence-electron chi connectivity index (χ0n) is 15.1. The largest absolute Gasteiger partial charge is 0.479 e. The number of nitrogens with zero attached hydrogens (tertiary/aromatic N) is 1. The summed E-state index contributed by atoms with van der Waals surface area (Å²) in [5.41, 5.74) is 6.53. The molecule has 0 aromatic heterocycles. The number of amides is 2. The van der Waals surface area contributed by atoms with Gasteiger partial charge in [0, 0.05) is 25.0 Å². The summed E-state index contributed by atoms with van der Waals surface area (Å²) in [6.45, 7) is 6.52. The number of carbonyl (C=O) groups excluding carboxylic acids is 2. The lowest BCUT2D eigenvalue weighted by Crippen LogP contribution is -2.50. The van der Waals surface area contributed by atoms with Gasteiger partial charge in [0.15, 0.2) is 6.10 Å². The number of rotatable bonds is 7. The number of hydrogen-bond acceptors (Lipinski definition) is 4. The number of para-hydroxylation sites is 2. The standard InChI is InChI=1S/C18H27N3O3.ClH/c1-4-18(19,5-2)12-20-16(22)10-11-21-14-8-6-7-9-15(14)24-13(3)17(21)23;/h6-9,13H,4-5,10-12,19H2,1-3H3,(H,20,22);1H. The van der Waals surface area contributed by atoms with Crippen molar-refractivity contribution in [2.75, 3.05) is 18.0 Å². The minimum Gasteiger partial charge on any atom is -0.479 e. The molecule has 25 heavy (non-hydrogen) atoms. The van der Waals surface area contributed by atoms with Crippen LogP contribution >= 0.6 is 12.4 Å². The Kier molecular flexibility index (Phi) is 7.70. The van der Waals surface area contributed by atoms with Crippen LogP contribution in [0.25, 0.3) is 0 Å². The average molecular weight is 370 g/mol. The van der Waals surface area contributed by atoms with Crippen molar-refractivity contribution in [1.29, 1.82) is 0 Å². The van der Waals surface area contributed by atoms with E-state index in [1.165, 1.54) is 0 Å². The van der Waals surface area contributed by atoms with Crippen LogP contribution in [0.1, 0.15) is 40.0 Å². The van der Waals surface area contributed by atoms with Crippen LogP contribution < -0.4 is 20.7 Å². The summed E-state index contributed by atoms with van der Waals surface area (Å²) >= 11 is 0. The van der Waals surface area contributed by atoms with Crippen LogP contribution in [0.2, 0.25) is 0 Å². The quantitative estimate of drug-likeness (QED) is 0.772. The van der Waals surface area contributed by atoms with Crippen molar-refractivity contribution in [3.05, 3.63) is 24.3 Å². The van der Waals surface area contributed by atoms with Crippen LogP contribution in [0.5, 0.6) is 5.75 Å². The zero-order chi connectivity index (χ0) is 17.7. The summed E-state index contributed by atoms with van der Waals surface area (Å²) in [5, 5.41) is 2.88. The van der Waals surface area contributed by atoms with Crippen LogP contribution in [0.3, 0.4) is 0 Å². The summed E-state index contributed by atoms with van der Waals surface area (Å²) in [5.74, 6) is 0.441. The molecule has 0 aliphatic carbocycles. The van der Waals surface area contributed by atoms with Gasteiger partial charge < -0.3 is 20.7 Å². The lowest BCUT2D eigenvalue weighted by molar-refractivity contribution is -0.125. The number of benzene rings is 1. The van der Waals surface area contributed by atoms with Crippen molar-refractivity contribution in [2.45, 2.75) is 51.7 Å². The van der Waals surface area contributed by atoms with Crippen LogP contribution in [0.4, 0.5) is 5.69 Å². The molecule has 7 heteroatoms. The number of fused-ring (bicyclic) bond motifs is 1. The van der Waals surface area contributed by atoms with Crippen molar-refractivity contribution in [3.8, 4) is 5.75 Å². The Bertz CT molecular complexity index is 605. The van der Waals surface area contributed by atoms with E-state index in [1.807, 2.05) is 38.1 Å². The average Bonchev–Trinajstić information content (AvgIpc) is 2.60. The maximum absolute atomic E-state index is 12.4. The van der Waals surface area contributed by atoms with Gasteiger partial charge in [0.2, 0.25) is 5.91 Å². The molecule has 1 aliphatic rings. The highest BCUT2D eigenvalue weighted by Gasteiger charge is 2.31. The minimum atomic E-state index is -0.542. The molecule has 0 radical (unpaired) electrons. The Morgan fingerprint density at radius 3 is 2.60 bits per heavy atom. The second-order valence-electron chi connectivity index (χ2n) is 6.31. The Hall–Kier alpha value is -1.79. The molecular formula is C18H28ClN3O3. The van der Waals surface area contributed by atoms with Gasteiger partial charge in [-0.3, -0.25) is 9.59 Å². The molecule has 0 fully saturated rings. The molecule has 1 aliphatic heterocycles. The Morgan fingerprint density at radius 2 is 1.96 bits per heavy atom. The van der Waals surface area contributed by atoms with Crippen LogP contribution in [-0.2, 0) is 9.59 Å². The van der Waals surface area contributed by atoms with E-state index in [2.05, 4.69) is 5.32 Å².